The van der Waals surface area contributed by atoms with E-state index < -0.39 is 0 Å². The van der Waals surface area contributed by atoms with Gasteiger partial charge in [-0.3, -0.25) is 9.69 Å². The lowest BCUT2D eigenvalue weighted by atomic mass is 9.84. The Bertz CT molecular complexity index is 168. The van der Waals surface area contributed by atoms with E-state index in [1.54, 1.807) is 0 Å². The normalized spacial score (nSPS) is 33.2. The van der Waals surface area contributed by atoms with Gasteiger partial charge in [-0.25, -0.2) is 0 Å². The van der Waals surface area contributed by atoms with Gasteiger partial charge in [-0.05, 0) is 19.9 Å². The van der Waals surface area contributed by atoms with E-state index in [2.05, 4.69) is 11.9 Å². The number of ketones is 1. The molecule has 13 heavy (non-hydrogen) atoms. The molecule has 0 amide bonds. The smallest absolute Gasteiger partial charge is 0.136 e. The van der Waals surface area contributed by atoms with Gasteiger partial charge in [-0.15, -0.1) is 0 Å². The van der Waals surface area contributed by atoms with Crippen LogP contribution in [0.5, 0.6) is 0 Å². The van der Waals surface area contributed by atoms with Crippen molar-refractivity contribution in [2.45, 2.75) is 44.2 Å². The molecule has 0 aromatic rings. The molecule has 2 bridgehead atoms. The van der Waals surface area contributed by atoms with E-state index in [9.17, 15) is 4.79 Å². The molecule has 2 aliphatic heterocycles. The van der Waals surface area contributed by atoms with E-state index in [0.717, 1.165) is 12.8 Å². The maximum atomic E-state index is 11.2. The second-order valence-electron chi connectivity index (χ2n) is 3.85. The highest BCUT2D eigenvalue weighted by atomic mass is 16.1. The van der Waals surface area contributed by atoms with E-state index in [4.69, 9.17) is 0 Å². The molecule has 0 radical (unpaired) electrons. The summed E-state index contributed by atoms with van der Waals surface area (Å²) in [5.74, 6) is 0.484. The molecule has 0 aliphatic carbocycles. The minimum absolute atomic E-state index is 0. The standard InChI is InChI=1S/C9H15NO.2H2O/c1-10-7-3-2-4-8(10)6-9(11)5-7;;/h7-8H,2-6H2,1H3;2*1H2/t7-,8+;;. The zero-order valence-electron chi connectivity index (χ0n) is 8.05. The molecule has 4 N–H and O–H groups in total. The number of piperidine rings is 2. The third kappa shape index (κ3) is 2.27. The zero-order chi connectivity index (χ0) is 7.84. The van der Waals surface area contributed by atoms with Gasteiger partial charge in [0.15, 0.2) is 0 Å². The topological polar surface area (TPSA) is 83.3 Å². The van der Waals surface area contributed by atoms with Crippen LogP contribution in [0.4, 0.5) is 0 Å². The van der Waals surface area contributed by atoms with Gasteiger partial charge in [0.2, 0.25) is 0 Å². The van der Waals surface area contributed by atoms with Crippen LogP contribution in [0, 0.1) is 0 Å². The van der Waals surface area contributed by atoms with Crippen molar-refractivity contribution in [2.75, 3.05) is 7.05 Å². The minimum Gasteiger partial charge on any atom is -0.412 e. The molecule has 2 saturated heterocycles. The Morgan fingerprint density at radius 2 is 1.62 bits per heavy atom. The van der Waals surface area contributed by atoms with Crippen LogP contribution in [0.3, 0.4) is 0 Å². The van der Waals surface area contributed by atoms with Gasteiger partial charge in [-0.1, -0.05) is 6.42 Å². The maximum absolute atomic E-state index is 11.2. The molecule has 2 heterocycles. The summed E-state index contributed by atoms with van der Waals surface area (Å²) in [6.45, 7) is 0. The SMILES string of the molecule is CN1[C@@H]2CCC[C@H]1CC(=O)C2.O.O. The fourth-order valence-corrected chi connectivity index (χ4v) is 2.40. The van der Waals surface area contributed by atoms with Crippen LogP contribution in [0.2, 0.25) is 0 Å². The highest BCUT2D eigenvalue weighted by molar-refractivity contribution is 5.80. The van der Waals surface area contributed by atoms with Crippen LogP contribution < -0.4 is 0 Å². The van der Waals surface area contributed by atoms with Crippen molar-refractivity contribution in [3.63, 3.8) is 0 Å². The molecule has 2 aliphatic rings. The van der Waals surface area contributed by atoms with Gasteiger partial charge < -0.3 is 11.0 Å². The summed E-state index contributed by atoms with van der Waals surface area (Å²) in [4.78, 5) is 13.6. The van der Waals surface area contributed by atoms with Crippen LogP contribution in [0.1, 0.15) is 32.1 Å². The van der Waals surface area contributed by atoms with Gasteiger partial charge in [0.25, 0.3) is 0 Å². The Balaban J connectivity index is 0.000000720. The van der Waals surface area contributed by atoms with Gasteiger partial charge >= 0.3 is 0 Å². The molecule has 0 aromatic heterocycles. The first-order valence-electron chi connectivity index (χ1n) is 4.51. The predicted octanol–water partition coefficient (Wildman–Crippen LogP) is -0.447. The molecule has 0 saturated carbocycles. The fraction of sp³-hybridized carbons (Fsp3) is 0.889. The average Bonchev–Trinajstić information content (AvgIpc) is 1.92. The monoisotopic (exact) mass is 189 g/mol. The van der Waals surface area contributed by atoms with Crippen molar-refractivity contribution in [3.05, 3.63) is 0 Å². The van der Waals surface area contributed by atoms with Crippen LogP contribution in [-0.2, 0) is 4.79 Å². The summed E-state index contributed by atoms with van der Waals surface area (Å²) >= 11 is 0. The Morgan fingerprint density at radius 1 is 1.15 bits per heavy atom. The van der Waals surface area contributed by atoms with Crippen LogP contribution in [0.15, 0.2) is 0 Å². The summed E-state index contributed by atoms with van der Waals surface area (Å²) in [5.41, 5.74) is 0. The van der Waals surface area contributed by atoms with Crippen LogP contribution in [-0.4, -0.2) is 40.8 Å². The van der Waals surface area contributed by atoms with Crippen molar-refractivity contribution in [2.24, 2.45) is 0 Å². The molecule has 0 unspecified atom stereocenters. The van der Waals surface area contributed by atoms with Gasteiger partial charge in [0, 0.05) is 24.9 Å². The first kappa shape index (κ1) is 12.6. The van der Waals surface area contributed by atoms with Crippen molar-refractivity contribution in [1.82, 2.24) is 4.90 Å². The van der Waals surface area contributed by atoms with E-state index in [0.29, 0.717) is 17.9 Å². The van der Waals surface area contributed by atoms with Crippen molar-refractivity contribution >= 4 is 5.78 Å². The maximum Gasteiger partial charge on any atom is 0.136 e. The van der Waals surface area contributed by atoms with Crippen molar-refractivity contribution in [1.29, 1.82) is 0 Å². The van der Waals surface area contributed by atoms with E-state index in [-0.39, 0.29) is 11.0 Å². The Morgan fingerprint density at radius 3 is 2.08 bits per heavy atom. The summed E-state index contributed by atoms with van der Waals surface area (Å²) in [6.07, 6.45) is 5.42. The number of hydrogen-bond donors (Lipinski definition) is 0. The second-order valence-corrected chi connectivity index (χ2v) is 3.85. The average molecular weight is 189 g/mol. The summed E-state index contributed by atoms with van der Waals surface area (Å²) < 4.78 is 0. The predicted molar refractivity (Wildman–Crippen MR) is 50.7 cm³/mol. The summed E-state index contributed by atoms with van der Waals surface area (Å²) in [7, 11) is 2.17. The number of carbonyl (C=O) groups excluding carboxylic acids is 1. The lowest BCUT2D eigenvalue weighted by molar-refractivity contribution is -0.126. The number of rotatable bonds is 0. The fourth-order valence-electron chi connectivity index (χ4n) is 2.40. The van der Waals surface area contributed by atoms with E-state index in [1.807, 2.05) is 0 Å². The van der Waals surface area contributed by atoms with Crippen LogP contribution >= 0.6 is 0 Å². The molecule has 2 rings (SSSR count). The minimum atomic E-state index is 0. The van der Waals surface area contributed by atoms with Gasteiger partial charge in [-0.2, -0.15) is 0 Å². The van der Waals surface area contributed by atoms with Crippen molar-refractivity contribution in [3.8, 4) is 0 Å². The molecule has 78 valence electrons. The second kappa shape index (κ2) is 4.69. The molecule has 4 nitrogen and oxygen atoms in total. The van der Waals surface area contributed by atoms with Crippen LogP contribution in [0.25, 0.3) is 0 Å². The Labute approximate surface area is 78.5 Å². The quantitative estimate of drug-likeness (QED) is 0.517. The van der Waals surface area contributed by atoms with E-state index >= 15 is 0 Å². The third-order valence-electron chi connectivity index (χ3n) is 3.15. The largest absolute Gasteiger partial charge is 0.412 e. The molecule has 0 aromatic carbocycles. The lowest BCUT2D eigenvalue weighted by Gasteiger charge is -2.43. The number of Topliss-reactive ketones (excluding diaryl/α,β-unsaturated/α-hetero) is 1. The third-order valence-corrected chi connectivity index (χ3v) is 3.15. The van der Waals surface area contributed by atoms with Crippen molar-refractivity contribution < 1.29 is 15.7 Å². The lowest BCUT2D eigenvalue weighted by Crippen LogP contribution is -2.49. The molecule has 2 atom stereocenters. The number of fused-ring (bicyclic) bond motifs is 2. The van der Waals surface area contributed by atoms with Gasteiger partial charge in [0.1, 0.15) is 5.78 Å². The molecular weight excluding hydrogens is 170 g/mol. The summed E-state index contributed by atoms with van der Waals surface area (Å²) in [6, 6.07) is 1.16. The Hall–Kier alpha value is -0.450. The number of carbonyl (C=O) groups is 1. The molecule has 4 heteroatoms. The van der Waals surface area contributed by atoms with Gasteiger partial charge in [0.05, 0.1) is 0 Å². The number of hydrogen-bond acceptors (Lipinski definition) is 2. The zero-order valence-corrected chi connectivity index (χ0v) is 8.05. The first-order valence-corrected chi connectivity index (χ1v) is 4.51. The van der Waals surface area contributed by atoms with E-state index in [1.165, 1.54) is 19.3 Å². The molecular formula is C9H19NO3. The molecule has 2 fully saturated rings. The highest BCUT2D eigenvalue weighted by Crippen LogP contribution is 2.30. The summed E-state index contributed by atoms with van der Waals surface area (Å²) in [5, 5.41) is 0. The Kier molecular flexibility index (Phi) is 4.53. The highest BCUT2D eigenvalue weighted by Gasteiger charge is 2.34. The molecule has 0 spiro atoms. The first-order chi connectivity index (χ1) is 5.27. The number of nitrogens with zero attached hydrogens (tertiary/aromatic N) is 1.